The molecule has 0 amide bonds. The van der Waals surface area contributed by atoms with Crippen molar-refractivity contribution in [3.8, 4) is 5.75 Å². The second kappa shape index (κ2) is 8.54. The van der Waals surface area contributed by atoms with Crippen LogP contribution in [0.25, 0.3) is 0 Å². The van der Waals surface area contributed by atoms with Crippen LogP contribution in [0.3, 0.4) is 0 Å². The third kappa shape index (κ3) is 4.43. The number of aromatic nitrogens is 2. The van der Waals surface area contributed by atoms with Crippen molar-refractivity contribution in [2.75, 3.05) is 23.9 Å². The highest BCUT2D eigenvalue weighted by atomic mass is 35.5. The molecule has 26 heavy (non-hydrogen) atoms. The summed E-state index contributed by atoms with van der Waals surface area (Å²) >= 11 is 6.18. The van der Waals surface area contributed by atoms with E-state index in [0.717, 1.165) is 24.6 Å². The first-order valence-electron chi connectivity index (χ1n) is 8.41. The van der Waals surface area contributed by atoms with E-state index in [0.29, 0.717) is 16.6 Å². The Bertz CT molecular complexity index is 857. The number of hydrogen-bond donors (Lipinski definition) is 1. The minimum Gasteiger partial charge on any atom is -0.495 e. The zero-order valence-electron chi connectivity index (χ0n) is 14.8. The first kappa shape index (κ1) is 18.0. The maximum Gasteiger partial charge on any atom is 0.137 e. The molecule has 1 aromatic heterocycles. The number of anilines is 3. The first-order valence-corrected chi connectivity index (χ1v) is 8.79. The molecule has 5 nitrogen and oxygen atoms in total. The van der Waals surface area contributed by atoms with Gasteiger partial charge < -0.3 is 15.0 Å². The van der Waals surface area contributed by atoms with E-state index < -0.39 is 0 Å². The third-order valence-corrected chi connectivity index (χ3v) is 4.29. The van der Waals surface area contributed by atoms with Crippen LogP contribution in [0, 0.1) is 0 Å². The molecular weight excluding hydrogens is 348 g/mol. The fourth-order valence-corrected chi connectivity index (χ4v) is 2.90. The lowest BCUT2D eigenvalue weighted by Gasteiger charge is -2.22. The van der Waals surface area contributed by atoms with Crippen LogP contribution in [0.2, 0.25) is 5.02 Å². The van der Waals surface area contributed by atoms with E-state index in [1.54, 1.807) is 13.4 Å². The van der Waals surface area contributed by atoms with Crippen molar-refractivity contribution in [3.63, 3.8) is 0 Å². The molecule has 0 spiro atoms. The molecule has 6 heteroatoms. The highest BCUT2D eigenvalue weighted by Crippen LogP contribution is 2.29. The maximum absolute atomic E-state index is 6.18. The van der Waals surface area contributed by atoms with Crippen molar-refractivity contribution >= 4 is 28.9 Å². The van der Waals surface area contributed by atoms with Gasteiger partial charge in [0.05, 0.1) is 12.1 Å². The van der Waals surface area contributed by atoms with E-state index in [1.807, 2.05) is 42.5 Å². The molecule has 0 aliphatic carbocycles. The third-order valence-electron chi connectivity index (χ3n) is 4.00. The number of hydrogen-bond acceptors (Lipinski definition) is 5. The lowest BCUT2D eigenvalue weighted by Crippen LogP contribution is -2.23. The predicted molar refractivity (Wildman–Crippen MR) is 106 cm³/mol. The number of ether oxygens (including phenoxy) is 1. The summed E-state index contributed by atoms with van der Waals surface area (Å²) in [7, 11) is 1.59. The molecule has 0 bridgehead atoms. The summed E-state index contributed by atoms with van der Waals surface area (Å²) in [5, 5.41) is 3.81. The zero-order valence-corrected chi connectivity index (χ0v) is 15.6. The van der Waals surface area contributed by atoms with Gasteiger partial charge >= 0.3 is 0 Å². The monoisotopic (exact) mass is 368 g/mol. The van der Waals surface area contributed by atoms with E-state index in [-0.39, 0.29) is 0 Å². The molecular formula is C20H21ClN4O. The van der Waals surface area contributed by atoms with Crippen molar-refractivity contribution in [1.82, 2.24) is 9.97 Å². The molecule has 0 unspecified atom stereocenters. The zero-order chi connectivity index (χ0) is 18.4. The van der Waals surface area contributed by atoms with Gasteiger partial charge in [-0.05, 0) is 30.7 Å². The van der Waals surface area contributed by atoms with Crippen LogP contribution in [0.5, 0.6) is 5.75 Å². The van der Waals surface area contributed by atoms with Gasteiger partial charge in [-0.15, -0.1) is 0 Å². The Morgan fingerprint density at radius 3 is 2.58 bits per heavy atom. The number of nitrogens with one attached hydrogen (secondary N) is 1. The van der Waals surface area contributed by atoms with Gasteiger partial charge in [0.25, 0.3) is 0 Å². The molecule has 0 saturated carbocycles. The summed E-state index contributed by atoms with van der Waals surface area (Å²) in [6, 6.07) is 17.8. The van der Waals surface area contributed by atoms with Gasteiger partial charge in [0.15, 0.2) is 0 Å². The number of halogens is 1. The van der Waals surface area contributed by atoms with E-state index in [1.165, 1.54) is 5.56 Å². The van der Waals surface area contributed by atoms with E-state index in [9.17, 15) is 0 Å². The van der Waals surface area contributed by atoms with Crippen LogP contribution >= 0.6 is 11.6 Å². The van der Waals surface area contributed by atoms with E-state index in [2.05, 4.69) is 39.2 Å². The van der Waals surface area contributed by atoms with E-state index >= 15 is 0 Å². The molecule has 0 saturated heterocycles. The Labute approximate surface area is 158 Å². The fourth-order valence-electron chi connectivity index (χ4n) is 2.64. The Hall–Kier alpha value is -2.79. The molecule has 0 aliphatic heterocycles. The topological polar surface area (TPSA) is 50.3 Å². The normalized spacial score (nSPS) is 10.4. The van der Waals surface area contributed by atoms with Crippen LogP contribution in [0.15, 0.2) is 60.9 Å². The highest BCUT2D eigenvalue weighted by molar-refractivity contribution is 6.32. The van der Waals surface area contributed by atoms with Crippen molar-refractivity contribution in [2.24, 2.45) is 0 Å². The van der Waals surface area contributed by atoms with Gasteiger partial charge in [-0.25, -0.2) is 9.97 Å². The minimum atomic E-state index is 0.547. The van der Waals surface area contributed by atoms with Crippen LogP contribution < -0.4 is 15.0 Å². The van der Waals surface area contributed by atoms with Gasteiger partial charge in [0.2, 0.25) is 0 Å². The standard InChI is InChI=1S/C20H21ClN4O/c1-3-25(13-15-7-5-4-6-8-15)20-12-19(22-14-23-20)24-16-9-10-18(26-2)17(21)11-16/h4-12,14H,3,13H2,1-2H3,(H,22,23,24). The second-order valence-electron chi connectivity index (χ2n) is 5.74. The smallest absolute Gasteiger partial charge is 0.137 e. The van der Waals surface area contributed by atoms with Crippen LogP contribution in [-0.2, 0) is 6.54 Å². The highest BCUT2D eigenvalue weighted by Gasteiger charge is 2.09. The SMILES string of the molecule is CCN(Cc1ccccc1)c1cc(Nc2ccc(OC)c(Cl)c2)ncn1. The molecule has 0 atom stereocenters. The Balaban J connectivity index is 1.77. The Morgan fingerprint density at radius 2 is 1.88 bits per heavy atom. The summed E-state index contributed by atoms with van der Waals surface area (Å²) < 4.78 is 5.18. The quantitative estimate of drug-likeness (QED) is 0.642. The summed E-state index contributed by atoms with van der Waals surface area (Å²) in [6.45, 7) is 3.75. The molecule has 134 valence electrons. The largest absolute Gasteiger partial charge is 0.495 e. The number of methoxy groups -OCH3 is 1. The molecule has 0 radical (unpaired) electrons. The fraction of sp³-hybridized carbons (Fsp3) is 0.200. The molecule has 3 aromatic rings. The van der Waals surface area contributed by atoms with Crippen molar-refractivity contribution in [1.29, 1.82) is 0 Å². The van der Waals surface area contributed by atoms with Gasteiger partial charge in [0.1, 0.15) is 23.7 Å². The van der Waals surface area contributed by atoms with Gasteiger partial charge in [-0.3, -0.25) is 0 Å². The molecule has 0 aliphatic rings. The summed E-state index contributed by atoms with van der Waals surface area (Å²) in [5.74, 6) is 2.22. The number of nitrogens with zero attached hydrogens (tertiary/aromatic N) is 3. The number of benzene rings is 2. The first-order chi connectivity index (χ1) is 12.7. The lowest BCUT2D eigenvalue weighted by atomic mass is 10.2. The van der Waals surface area contributed by atoms with Gasteiger partial charge in [0, 0.05) is 24.8 Å². The molecule has 3 rings (SSSR count). The maximum atomic E-state index is 6.18. The minimum absolute atomic E-state index is 0.547. The second-order valence-corrected chi connectivity index (χ2v) is 6.14. The van der Waals surface area contributed by atoms with Crippen molar-refractivity contribution in [3.05, 3.63) is 71.5 Å². The summed E-state index contributed by atoms with van der Waals surface area (Å²) in [5.41, 5.74) is 2.08. The summed E-state index contributed by atoms with van der Waals surface area (Å²) in [4.78, 5) is 10.9. The average Bonchev–Trinajstić information content (AvgIpc) is 2.67. The molecule has 1 N–H and O–H groups in total. The lowest BCUT2D eigenvalue weighted by molar-refractivity contribution is 0.415. The molecule has 0 fully saturated rings. The molecule has 1 heterocycles. The van der Waals surface area contributed by atoms with Crippen LogP contribution in [0.4, 0.5) is 17.3 Å². The summed E-state index contributed by atoms with van der Waals surface area (Å²) in [6.07, 6.45) is 1.57. The van der Waals surface area contributed by atoms with Crippen molar-refractivity contribution in [2.45, 2.75) is 13.5 Å². The van der Waals surface area contributed by atoms with Gasteiger partial charge in [-0.2, -0.15) is 0 Å². The van der Waals surface area contributed by atoms with E-state index in [4.69, 9.17) is 16.3 Å². The Morgan fingerprint density at radius 1 is 1.08 bits per heavy atom. The van der Waals surface area contributed by atoms with Gasteiger partial charge in [-0.1, -0.05) is 41.9 Å². The van der Waals surface area contributed by atoms with Crippen LogP contribution in [0.1, 0.15) is 12.5 Å². The number of rotatable bonds is 7. The predicted octanol–water partition coefficient (Wildman–Crippen LogP) is 4.91. The molecule has 2 aromatic carbocycles. The average molecular weight is 369 g/mol. The van der Waals surface area contributed by atoms with Crippen LogP contribution in [-0.4, -0.2) is 23.6 Å². The Kier molecular flexibility index (Phi) is 5.92. The van der Waals surface area contributed by atoms with Crippen molar-refractivity contribution < 1.29 is 4.74 Å².